The summed E-state index contributed by atoms with van der Waals surface area (Å²) in [5.74, 6) is 0.973. The highest BCUT2D eigenvalue weighted by Crippen LogP contribution is 2.22. The fraction of sp³-hybridized carbons (Fsp3) is 0.538. The number of benzene rings is 1. The van der Waals surface area contributed by atoms with Crippen LogP contribution in [0.3, 0.4) is 0 Å². The number of ether oxygens (including phenoxy) is 1. The van der Waals surface area contributed by atoms with Gasteiger partial charge in [0.15, 0.2) is 0 Å². The molecule has 0 aliphatic carbocycles. The molecule has 0 bridgehead atoms. The Balaban J connectivity index is 1.89. The average molecular weight is 285 g/mol. The Labute approximate surface area is 113 Å². The lowest BCUT2D eigenvalue weighted by Crippen LogP contribution is -2.40. The molecule has 5 nitrogen and oxygen atoms in total. The fourth-order valence-corrected chi connectivity index (χ4v) is 3.19. The molecule has 1 unspecified atom stereocenters. The lowest BCUT2D eigenvalue weighted by Gasteiger charge is -2.30. The van der Waals surface area contributed by atoms with Crippen LogP contribution in [0.1, 0.15) is 12.8 Å². The molecule has 0 aromatic heterocycles. The van der Waals surface area contributed by atoms with Crippen LogP contribution >= 0.6 is 0 Å². The first-order chi connectivity index (χ1) is 8.95. The third-order valence-corrected chi connectivity index (χ3v) is 4.52. The van der Waals surface area contributed by atoms with Gasteiger partial charge >= 0.3 is 0 Å². The summed E-state index contributed by atoms with van der Waals surface area (Å²) < 4.78 is 30.1. The first-order valence-corrected chi connectivity index (χ1v) is 8.17. The van der Waals surface area contributed by atoms with Gasteiger partial charge in [-0.15, -0.1) is 0 Å². The van der Waals surface area contributed by atoms with Gasteiger partial charge in [0.2, 0.25) is 10.0 Å². The summed E-state index contributed by atoms with van der Waals surface area (Å²) >= 11 is 0. The van der Waals surface area contributed by atoms with E-state index in [1.54, 1.807) is 24.3 Å². The van der Waals surface area contributed by atoms with E-state index in [0.29, 0.717) is 25.4 Å². The number of hydrogen-bond acceptors (Lipinski definition) is 4. The fourth-order valence-electron chi connectivity index (χ4n) is 2.25. The molecule has 6 heteroatoms. The molecule has 1 saturated heterocycles. The third kappa shape index (κ3) is 4.11. The van der Waals surface area contributed by atoms with Gasteiger partial charge in [-0.25, -0.2) is 12.7 Å². The molecule has 1 fully saturated rings. The number of piperidine rings is 1. The van der Waals surface area contributed by atoms with Crippen molar-refractivity contribution in [3.8, 4) is 11.5 Å². The van der Waals surface area contributed by atoms with Crippen molar-refractivity contribution < 1.29 is 18.3 Å². The van der Waals surface area contributed by atoms with Crippen LogP contribution < -0.4 is 4.74 Å². The molecule has 1 aliphatic rings. The van der Waals surface area contributed by atoms with Crippen molar-refractivity contribution in [3.05, 3.63) is 24.3 Å². The molecule has 2 rings (SSSR count). The zero-order chi connectivity index (χ0) is 13.9. The van der Waals surface area contributed by atoms with Crippen molar-refractivity contribution in [3.63, 3.8) is 0 Å². The number of hydrogen-bond donors (Lipinski definition) is 1. The standard InChI is InChI=1S/C13H19NO4S/c1-19(16,17)14-7-3-4-11(9-14)10-18-13-6-2-5-12(15)8-13/h2,5-6,8,11,15H,3-4,7,9-10H2,1H3. The van der Waals surface area contributed by atoms with Crippen molar-refractivity contribution in [2.24, 2.45) is 5.92 Å². The summed E-state index contributed by atoms with van der Waals surface area (Å²) in [7, 11) is -3.11. The second-order valence-electron chi connectivity index (χ2n) is 4.94. The van der Waals surface area contributed by atoms with E-state index in [1.807, 2.05) is 0 Å². The predicted octanol–water partition coefficient (Wildman–Crippen LogP) is 1.44. The van der Waals surface area contributed by atoms with Crippen LogP contribution in [0.2, 0.25) is 0 Å². The summed E-state index contributed by atoms with van der Waals surface area (Å²) in [4.78, 5) is 0. The number of nitrogens with zero attached hydrogens (tertiary/aromatic N) is 1. The molecule has 1 aliphatic heterocycles. The highest BCUT2D eigenvalue weighted by Gasteiger charge is 2.26. The largest absolute Gasteiger partial charge is 0.508 e. The van der Waals surface area contributed by atoms with Crippen LogP contribution in [0.5, 0.6) is 11.5 Å². The topological polar surface area (TPSA) is 66.8 Å². The number of sulfonamides is 1. The van der Waals surface area contributed by atoms with Gasteiger partial charge in [0, 0.05) is 25.1 Å². The first-order valence-electron chi connectivity index (χ1n) is 6.32. The van der Waals surface area contributed by atoms with E-state index in [4.69, 9.17) is 4.74 Å². The molecule has 19 heavy (non-hydrogen) atoms. The number of phenolic OH excluding ortho intramolecular Hbond substituents is 1. The summed E-state index contributed by atoms with van der Waals surface area (Å²) in [6.45, 7) is 1.58. The molecule has 1 aromatic carbocycles. The third-order valence-electron chi connectivity index (χ3n) is 3.25. The molecule has 0 amide bonds. The molecular weight excluding hydrogens is 266 g/mol. The Morgan fingerprint density at radius 3 is 2.95 bits per heavy atom. The lowest BCUT2D eigenvalue weighted by molar-refractivity contribution is 0.180. The van der Waals surface area contributed by atoms with E-state index in [9.17, 15) is 13.5 Å². The molecular formula is C13H19NO4S. The Morgan fingerprint density at radius 2 is 2.26 bits per heavy atom. The van der Waals surface area contributed by atoms with Crippen molar-refractivity contribution >= 4 is 10.0 Å². The number of aromatic hydroxyl groups is 1. The summed E-state index contributed by atoms with van der Waals surface area (Å²) in [5.41, 5.74) is 0. The van der Waals surface area contributed by atoms with E-state index in [2.05, 4.69) is 0 Å². The minimum atomic E-state index is -3.11. The maximum atomic E-state index is 11.5. The summed E-state index contributed by atoms with van der Waals surface area (Å²) in [6, 6.07) is 6.63. The van der Waals surface area contributed by atoms with Crippen molar-refractivity contribution in [2.45, 2.75) is 12.8 Å². The minimum absolute atomic E-state index is 0.166. The lowest BCUT2D eigenvalue weighted by atomic mass is 10.0. The van der Waals surface area contributed by atoms with Gasteiger partial charge in [0.25, 0.3) is 0 Å². The van der Waals surface area contributed by atoms with Gasteiger partial charge in [-0.05, 0) is 25.0 Å². The second kappa shape index (κ2) is 5.79. The number of rotatable bonds is 4. The van der Waals surface area contributed by atoms with Gasteiger partial charge in [-0.3, -0.25) is 0 Å². The molecule has 1 heterocycles. The Hall–Kier alpha value is -1.27. The van der Waals surface area contributed by atoms with Gasteiger partial charge in [-0.1, -0.05) is 6.07 Å². The quantitative estimate of drug-likeness (QED) is 0.909. The average Bonchev–Trinajstić information content (AvgIpc) is 2.36. The van der Waals surface area contributed by atoms with E-state index in [-0.39, 0.29) is 11.7 Å². The van der Waals surface area contributed by atoms with Crippen molar-refractivity contribution in [1.29, 1.82) is 0 Å². The van der Waals surface area contributed by atoms with Gasteiger partial charge < -0.3 is 9.84 Å². The molecule has 0 radical (unpaired) electrons. The van der Waals surface area contributed by atoms with E-state index in [1.165, 1.54) is 10.6 Å². The molecule has 1 atom stereocenters. The van der Waals surface area contributed by atoms with Crippen LogP contribution in [0.25, 0.3) is 0 Å². The maximum absolute atomic E-state index is 11.5. The SMILES string of the molecule is CS(=O)(=O)N1CCCC(COc2cccc(O)c2)C1. The molecule has 0 spiro atoms. The van der Waals surface area contributed by atoms with Gasteiger partial charge in [-0.2, -0.15) is 0 Å². The highest BCUT2D eigenvalue weighted by atomic mass is 32.2. The van der Waals surface area contributed by atoms with Crippen LogP contribution in [-0.4, -0.2) is 43.8 Å². The van der Waals surface area contributed by atoms with Gasteiger partial charge in [0.05, 0.1) is 12.9 Å². The molecule has 1 aromatic rings. The van der Waals surface area contributed by atoms with E-state index >= 15 is 0 Å². The van der Waals surface area contributed by atoms with Gasteiger partial charge in [0.1, 0.15) is 11.5 Å². The molecule has 106 valence electrons. The number of phenols is 1. The normalized spacial score (nSPS) is 21.2. The Kier molecular flexibility index (Phi) is 4.31. The van der Waals surface area contributed by atoms with Crippen LogP contribution in [-0.2, 0) is 10.0 Å². The summed E-state index contributed by atoms with van der Waals surface area (Å²) in [5, 5.41) is 9.33. The maximum Gasteiger partial charge on any atom is 0.211 e. The predicted molar refractivity (Wildman–Crippen MR) is 72.7 cm³/mol. The van der Waals surface area contributed by atoms with E-state index < -0.39 is 10.0 Å². The monoisotopic (exact) mass is 285 g/mol. The minimum Gasteiger partial charge on any atom is -0.508 e. The van der Waals surface area contributed by atoms with Crippen molar-refractivity contribution in [2.75, 3.05) is 26.0 Å². The molecule has 0 saturated carbocycles. The Bertz CT molecular complexity index is 529. The zero-order valence-electron chi connectivity index (χ0n) is 10.9. The zero-order valence-corrected chi connectivity index (χ0v) is 11.8. The first kappa shape index (κ1) is 14.1. The van der Waals surface area contributed by atoms with Crippen LogP contribution in [0.4, 0.5) is 0 Å². The van der Waals surface area contributed by atoms with E-state index in [0.717, 1.165) is 12.8 Å². The Morgan fingerprint density at radius 1 is 1.47 bits per heavy atom. The highest BCUT2D eigenvalue weighted by molar-refractivity contribution is 7.88. The summed E-state index contributed by atoms with van der Waals surface area (Å²) in [6.07, 6.45) is 3.07. The smallest absolute Gasteiger partial charge is 0.211 e. The second-order valence-corrected chi connectivity index (χ2v) is 6.92. The van der Waals surface area contributed by atoms with Crippen LogP contribution in [0.15, 0.2) is 24.3 Å². The molecule has 1 N–H and O–H groups in total. The van der Waals surface area contributed by atoms with Crippen LogP contribution in [0, 0.1) is 5.92 Å². The van der Waals surface area contributed by atoms with Crippen molar-refractivity contribution in [1.82, 2.24) is 4.31 Å².